The second-order valence-electron chi connectivity index (χ2n) is 4.88. The summed E-state index contributed by atoms with van der Waals surface area (Å²) in [7, 11) is 0. The lowest BCUT2D eigenvalue weighted by molar-refractivity contribution is -0.126. The largest absolute Gasteiger partial charge is 0.449 e. The number of carbonyl (C=O) groups excluding carboxylic acids is 2. The van der Waals surface area contributed by atoms with E-state index in [4.69, 9.17) is 4.74 Å². The van der Waals surface area contributed by atoms with Crippen LogP contribution in [0.1, 0.15) is 64.7 Å². The summed E-state index contributed by atoms with van der Waals surface area (Å²) >= 11 is 0. The molecule has 1 fully saturated rings. The SMILES string of the molecule is CCCCCCCCCOC(=O)N1CCCC1=O. The zero-order valence-corrected chi connectivity index (χ0v) is 11.5. The fraction of sp³-hybridized carbons (Fsp3) is 0.857. The first-order chi connectivity index (χ1) is 8.75. The van der Waals surface area contributed by atoms with E-state index in [9.17, 15) is 9.59 Å². The molecule has 1 heterocycles. The Bertz CT molecular complexity index is 266. The Kier molecular flexibility index (Phi) is 7.46. The summed E-state index contributed by atoms with van der Waals surface area (Å²) in [5, 5.41) is 0. The van der Waals surface area contributed by atoms with Crippen molar-refractivity contribution in [2.45, 2.75) is 64.7 Å². The molecule has 0 radical (unpaired) electrons. The zero-order chi connectivity index (χ0) is 13.2. The fourth-order valence-corrected chi connectivity index (χ4v) is 2.14. The minimum absolute atomic E-state index is 0.0976. The van der Waals surface area contributed by atoms with Crippen LogP contribution in [0.4, 0.5) is 4.79 Å². The number of amides is 2. The molecule has 104 valence electrons. The molecule has 0 aromatic heterocycles. The molecule has 0 aliphatic carbocycles. The molecule has 1 saturated heterocycles. The van der Waals surface area contributed by atoms with Crippen molar-refractivity contribution in [2.75, 3.05) is 13.2 Å². The van der Waals surface area contributed by atoms with E-state index in [1.807, 2.05) is 0 Å². The first-order valence-electron chi connectivity index (χ1n) is 7.23. The molecule has 1 aliphatic heterocycles. The Morgan fingerprint density at radius 1 is 1.17 bits per heavy atom. The van der Waals surface area contributed by atoms with E-state index < -0.39 is 6.09 Å². The normalized spacial score (nSPS) is 15.2. The molecule has 0 saturated carbocycles. The van der Waals surface area contributed by atoms with E-state index in [0.29, 0.717) is 19.6 Å². The number of nitrogens with zero attached hydrogens (tertiary/aromatic N) is 1. The Morgan fingerprint density at radius 3 is 2.44 bits per heavy atom. The molecule has 4 nitrogen and oxygen atoms in total. The minimum Gasteiger partial charge on any atom is -0.449 e. The Labute approximate surface area is 110 Å². The Hall–Kier alpha value is -1.06. The summed E-state index contributed by atoms with van der Waals surface area (Å²) in [5.41, 5.74) is 0. The summed E-state index contributed by atoms with van der Waals surface area (Å²) in [6, 6.07) is 0. The number of carbonyl (C=O) groups is 2. The van der Waals surface area contributed by atoms with Gasteiger partial charge in [-0.3, -0.25) is 4.79 Å². The number of likely N-dealkylation sites (tertiary alicyclic amines) is 1. The second-order valence-corrected chi connectivity index (χ2v) is 4.88. The lowest BCUT2D eigenvalue weighted by Gasteiger charge is -2.13. The van der Waals surface area contributed by atoms with Gasteiger partial charge in [-0.2, -0.15) is 0 Å². The highest BCUT2D eigenvalue weighted by atomic mass is 16.6. The molecule has 0 N–H and O–H groups in total. The van der Waals surface area contributed by atoms with Crippen LogP contribution in [0.5, 0.6) is 0 Å². The summed E-state index contributed by atoms with van der Waals surface area (Å²) in [5.74, 6) is -0.0976. The molecular weight excluding hydrogens is 230 g/mol. The van der Waals surface area contributed by atoms with Gasteiger partial charge in [-0.1, -0.05) is 45.4 Å². The van der Waals surface area contributed by atoms with Gasteiger partial charge < -0.3 is 4.74 Å². The van der Waals surface area contributed by atoms with Crippen LogP contribution < -0.4 is 0 Å². The molecule has 2 amide bonds. The highest BCUT2D eigenvalue weighted by molar-refractivity contribution is 5.93. The van der Waals surface area contributed by atoms with Crippen LogP contribution in [0.2, 0.25) is 0 Å². The lowest BCUT2D eigenvalue weighted by atomic mass is 10.1. The predicted molar refractivity (Wildman–Crippen MR) is 70.3 cm³/mol. The molecule has 0 bridgehead atoms. The van der Waals surface area contributed by atoms with Crippen molar-refractivity contribution >= 4 is 12.0 Å². The van der Waals surface area contributed by atoms with Gasteiger partial charge in [0.1, 0.15) is 0 Å². The van der Waals surface area contributed by atoms with Gasteiger partial charge in [0.15, 0.2) is 0 Å². The van der Waals surface area contributed by atoms with Crippen molar-refractivity contribution < 1.29 is 14.3 Å². The van der Waals surface area contributed by atoms with Gasteiger partial charge >= 0.3 is 6.09 Å². The first-order valence-corrected chi connectivity index (χ1v) is 7.23. The van der Waals surface area contributed by atoms with Gasteiger partial charge in [-0.25, -0.2) is 9.69 Å². The number of hydrogen-bond donors (Lipinski definition) is 0. The number of unbranched alkanes of at least 4 members (excludes halogenated alkanes) is 6. The topological polar surface area (TPSA) is 46.6 Å². The van der Waals surface area contributed by atoms with Crippen molar-refractivity contribution in [2.24, 2.45) is 0 Å². The van der Waals surface area contributed by atoms with Crippen molar-refractivity contribution in [1.82, 2.24) is 4.90 Å². The van der Waals surface area contributed by atoms with Crippen LogP contribution >= 0.6 is 0 Å². The molecule has 0 atom stereocenters. The number of rotatable bonds is 8. The highest BCUT2D eigenvalue weighted by Crippen LogP contribution is 2.11. The number of ether oxygens (including phenoxy) is 1. The smallest absolute Gasteiger partial charge is 0.416 e. The van der Waals surface area contributed by atoms with E-state index in [-0.39, 0.29) is 5.91 Å². The van der Waals surface area contributed by atoms with Crippen LogP contribution in [0.3, 0.4) is 0 Å². The summed E-state index contributed by atoms with van der Waals surface area (Å²) in [4.78, 5) is 24.0. The average molecular weight is 255 g/mol. The first kappa shape index (κ1) is 15.0. The molecule has 0 aromatic carbocycles. The third kappa shape index (κ3) is 5.52. The Morgan fingerprint density at radius 2 is 1.83 bits per heavy atom. The molecular formula is C14H25NO3. The monoisotopic (exact) mass is 255 g/mol. The molecule has 1 aliphatic rings. The molecule has 0 spiro atoms. The standard InChI is InChI=1S/C14H25NO3/c1-2-3-4-5-6-7-8-12-18-14(17)15-11-9-10-13(15)16/h2-12H2,1H3. The molecule has 1 rings (SSSR count). The van der Waals surface area contributed by atoms with E-state index in [1.165, 1.54) is 37.0 Å². The summed E-state index contributed by atoms with van der Waals surface area (Å²) < 4.78 is 5.09. The predicted octanol–water partition coefficient (Wildman–Crippen LogP) is 3.50. The van der Waals surface area contributed by atoms with E-state index >= 15 is 0 Å². The minimum atomic E-state index is -0.455. The highest BCUT2D eigenvalue weighted by Gasteiger charge is 2.27. The average Bonchev–Trinajstić information content (AvgIpc) is 2.79. The number of imide groups is 1. The quantitative estimate of drug-likeness (QED) is 0.624. The Balaban J connectivity index is 1.94. The third-order valence-corrected chi connectivity index (χ3v) is 3.27. The maximum absolute atomic E-state index is 11.5. The van der Waals surface area contributed by atoms with Crippen LogP contribution in [0.25, 0.3) is 0 Å². The van der Waals surface area contributed by atoms with Crippen molar-refractivity contribution in [3.05, 3.63) is 0 Å². The number of hydrogen-bond acceptors (Lipinski definition) is 3. The summed E-state index contributed by atoms with van der Waals surface area (Å²) in [6.07, 6.45) is 9.16. The van der Waals surface area contributed by atoms with Crippen LogP contribution in [0, 0.1) is 0 Å². The van der Waals surface area contributed by atoms with E-state index in [2.05, 4.69) is 6.92 Å². The second kappa shape index (κ2) is 8.95. The van der Waals surface area contributed by atoms with Crippen molar-refractivity contribution in [3.63, 3.8) is 0 Å². The lowest BCUT2D eigenvalue weighted by Crippen LogP contribution is -2.32. The third-order valence-electron chi connectivity index (χ3n) is 3.27. The van der Waals surface area contributed by atoms with Gasteiger partial charge in [-0.05, 0) is 12.8 Å². The van der Waals surface area contributed by atoms with Gasteiger partial charge in [0.25, 0.3) is 0 Å². The summed E-state index contributed by atoms with van der Waals surface area (Å²) in [6.45, 7) is 3.17. The van der Waals surface area contributed by atoms with Gasteiger partial charge in [0.2, 0.25) is 5.91 Å². The molecule has 0 unspecified atom stereocenters. The van der Waals surface area contributed by atoms with Gasteiger partial charge in [-0.15, -0.1) is 0 Å². The van der Waals surface area contributed by atoms with Crippen LogP contribution in [0.15, 0.2) is 0 Å². The van der Waals surface area contributed by atoms with E-state index in [1.54, 1.807) is 0 Å². The van der Waals surface area contributed by atoms with Gasteiger partial charge in [0.05, 0.1) is 6.61 Å². The van der Waals surface area contributed by atoms with Crippen molar-refractivity contribution in [3.8, 4) is 0 Å². The van der Waals surface area contributed by atoms with Crippen molar-refractivity contribution in [1.29, 1.82) is 0 Å². The van der Waals surface area contributed by atoms with Crippen LogP contribution in [-0.2, 0) is 9.53 Å². The fourth-order valence-electron chi connectivity index (χ4n) is 2.14. The maximum Gasteiger partial charge on any atom is 0.416 e. The molecule has 0 aromatic rings. The van der Waals surface area contributed by atoms with E-state index in [0.717, 1.165) is 19.3 Å². The van der Waals surface area contributed by atoms with Crippen LogP contribution in [-0.4, -0.2) is 30.1 Å². The molecule has 18 heavy (non-hydrogen) atoms. The molecule has 4 heteroatoms. The maximum atomic E-state index is 11.5. The van der Waals surface area contributed by atoms with Gasteiger partial charge in [0, 0.05) is 13.0 Å². The zero-order valence-electron chi connectivity index (χ0n) is 11.5.